The van der Waals surface area contributed by atoms with Gasteiger partial charge in [-0.3, -0.25) is 10.1 Å². The summed E-state index contributed by atoms with van der Waals surface area (Å²) in [5, 5.41) is 6.37. The summed E-state index contributed by atoms with van der Waals surface area (Å²) in [4.78, 5) is 20.4. The van der Waals surface area contributed by atoms with Crippen molar-refractivity contribution in [3.63, 3.8) is 0 Å². The molecule has 0 bridgehead atoms. The van der Waals surface area contributed by atoms with E-state index in [-0.39, 0.29) is 11.0 Å². The van der Waals surface area contributed by atoms with Gasteiger partial charge >= 0.3 is 0 Å². The zero-order chi connectivity index (χ0) is 21.3. The quantitative estimate of drug-likeness (QED) is 0.365. The van der Waals surface area contributed by atoms with Gasteiger partial charge in [0.1, 0.15) is 5.82 Å². The molecule has 0 saturated carbocycles. The maximum atomic E-state index is 12.5. The molecule has 0 spiro atoms. The SMILES string of the molecule is Cc1cc(C)cc(C(=O)NC(=S)Nc2cc(-c3nc4ccccc4[nH]3)ccc2Cl)c1. The van der Waals surface area contributed by atoms with E-state index in [1.165, 1.54) is 0 Å². The van der Waals surface area contributed by atoms with Crippen LogP contribution in [0.2, 0.25) is 5.02 Å². The van der Waals surface area contributed by atoms with Crippen LogP contribution in [0.3, 0.4) is 0 Å². The number of anilines is 1. The topological polar surface area (TPSA) is 69.8 Å². The number of imidazole rings is 1. The molecule has 7 heteroatoms. The van der Waals surface area contributed by atoms with E-state index in [0.717, 1.165) is 33.5 Å². The van der Waals surface area contributed by atoms with Crippen LogP contribution in [-0.4, -0.2) is 21.0 Å². The first-order valence-corrected chi connectivity index (χ1v) is 10.1. The van der Waals surface area contributed by atoms with Crippen molar-refractivity contribution in [2.75, 3.05) is 5.32 Å². The number of aromatic nitrogens is 2. The van der Waals surface area contributed by atoms with Gasteiger partial charge < -0.3 is 10.3 Å². The van der Waals surface area contributed by atoms with E-state index in [4.69, 9.17) is 23.8 Å². The minimum atomic E-state index is -0.274. The molecule has 4 aromatic rings. The first-order chi connectivity index (χ1) is 14.4. The number of hydrogen-bond donors (Lipinski definition) is 3. The maximum Gasteiger partial charge on any atom is 0.257 e. The van der Waals surface area contributed by atoms with Crippen molar-refractivity contribution in [2.45, 2.75) is 13.8 Å². The molecular formula is C23H19ClN4OS. The highest BCUT2D eigenvalue weighted by atomic mass is 35.5. The van der Waals surface area contributed by atoms with Crippen LogP contribution < -0.4 is 10.6 Å². The first-order valence-electron chi connectivity index (χ1n) is 9.34. The molecule has 1 heterocycles. The molecule has 0 aliphatic rings. The fraction of sp³-hybridized carbons (Fsp3) is 0.0870. The van der Waals surface area contributed by atoms with Crippen LogP contribution >= 0.6 is 23.8 Å². The number of carbonyl (C=O) groups excluding carboxylic acids is 1. The second-order valence-corrected chi connectivity index (χ2v) is 7.90. The van der Waals surface area contributed by atoms with E-state index in [1.807, 2.05) is 68.4 Å². The minimum Gasteiger partial charge on any atom is -0.338 e. The second-order valence-electron chi connectivity index (χ2n) is 7.08. The van der Waals surface area contributed by atoms with Crippen molar-refractivity contribution in [3.8, 4) is 11.4 Å². The summed E-state index contributed by atoms with van der Waals surface area (Å²) in [6, 6.07) is 18.9. The molecule has 0 atom stereocenters. The van der Waals surface area contributed by atoms with Crippen LogP contribution in [-0.2, 0) is 0 Å². The summed E-state index contributed by atoms with van der Waals surface area (Å²) in [5.74, 6) is 0.449. The van der Waals surface area contributed by atoms with Gasteiger partial charge in [0.05, 0.1) is 21.7 Å². The molecule has 150 valence electrons. The molecule has 1 amide bonds. The average Bonchev–Trinajstić information content (AvgIpc) is 3.13. The summed E-state index contributed by atoms with van der Waals surface area (Å²) in [7, 11) is 0. The Labute approximate surface area is 184 Å². The van der Waals surface area contributed by atoms with Crippen LogP contribution in [0.25, 0.3) is 22.4 Å². The lowest BCUT2D eigenvalue weighted by molar-refractivity contribution is 0.0977. The highest BCUT2D eigenvalue weighted by molar-refractivity contribution is 7.80. The molecule has 30 heavy (non-hydrogen) atoms. The number of halogens is 1. The third kappa shape index (κ3) is 4.35. The smallest absolute Gasteiger partial charge is 0.257 e. The lowest BCUT2D eigenvalue weighted by atomic mass is 10.1. The average molecular weight is 435 g/mol. The summed E-state index contributed by atoms with van der Waals surface area (Å²) in [6.07, 6.45) is 0. The first kappa shape index (κ1) is 20.1. The van der Waals surface area contributed by atoms with Crippen molar-refractivity contribution in [1.82, 2.24) is 15.3 Å². The van der Waals surface area contributed by atoms with Gasteiger partial charge in [-0.2, -0.15) is 0 Å². The summed E-state index contributed by atoms with van der Waals surface area (Å²) in [5.41, 5.74) is 5.85. The third-order valence-corrected chi connectivity index (χ3v) is 5.12. The number of thiocarbonyl (C=S) groups is 1. The number of fused-ring (bicyclic) bond motifs is 1. The van der Waals surface area contributed by atoms with Crippen LogP contribution in [0.4, 0.5) is 5.69 Å². The molecule has 0 fully saturated rings. The summed E-state index contributed by atoms with van der Waals surface area (Å²) < 4.78 is 0. The van der Waals surface area contributed by atoms with E-state index in [2.05, 4.69) is 20.6 Å². The summed E-state index contributed by atoms with van der Waals surface area (Å²) in [6.45, 7) is 3.90. The Morgan fingerprint density at radius 2 is 1.77 bits per heavy atom. The fourth-order valence-electron chi connectivity index (χ4n) is 3.29. The number of para-hydroxylation sites is 2. The maximum absolute atomic E-state index is 12.5. The van der Waals surface area contributed by atoms with Crippen LogP contribution in [0.1, 0.15) is 21.5 Å². The van der Waals surface area contributed by atoms with Crippen molar-refractivity contribution < 1.29 is 4.79 Å². The zero-order valence-electron chi connectivity index (χ0n) is 16.4. The molecular weight excluding hydrogens is 416 g/mol. The lowest BCUT2D eigenvalue weighted by Crippen LogP contribution is -2.34. The Hall–Kier alpha value is -3.22. The molecule has 0 unspecified atom stereocenters. The number of rotatable bonds is 3. The van der Waals surface area contributed by atoms with Crippen LogP contribution in [0, 0.1) is 13.8 Å². The molecule has 0 saturated heterocycles. The molecule has 0 aliphatic carbocycles. The Morgan fingerprint density at radius 1 is 1.03 bits per heavy atom. The molecule has 1 aromatic heterocycles. The number of hydrogen-bond acceptors (Lipinski definition) is 3. The van der Waals surface area contributed by atoms with Crippen molar-refractivity contribution >= 4 is 51.6 Å². The van der Waals surface area contributed by atoms with Crippen molar-refractivity contribution in [3.05, 3.63) is 82.4 Å². The van der Waals surface area contributed by atoms with Gasteiger partial charge in [-0.1, -0.05) is 40.9 Å². The molecule has 0 radical (unpaired) electrons. The Balaban J connectivity index is 1.53. The Morgan fingerprint density at radius 3 is 2.50 bits per heavy atom. The van der Waals surface area contributed by atoms with Gasteiger partial charge in [-0.15, -0.1) is 0 Å². The Bertz CT molecular complexity index is 1230. The second kappa shape index (κ2) is 8.26. The highest BCUT2D eigenvalue weighted by Gasteiger charge is 2.12. The van der Waals surface area contributed by atoms with E-state index in [1.54, 1.807) is 6.07 Å². The number of nitrogens with zero attached hydrogens (tertiary/aromatic N) is 1. The van der Waals surface area contributed by atoms with E-state index >= 15 is 0 Å². The number of aromatic amines is 1. The van der Waals surface area contributed by atoms with Crippen molar-refractivity contribution in [2.24, 2.45) is 0 Å². The largest absolute Gasteiger partial charge is 0.338 e. The number of aryl methyl sites for hydroxylation is 2. The lowest BCUT2D eigenvalue weighted by Gasteiger charge is -2.12. The number of benzene rings is 3. The van der Waals surface area contributed by atoms with Gasteiger partial charge in [0.2, 0.25) is 0 Å². The van der Waals surface area contributed by atoms with E-state index in [9.17, 15) is 4.79 Å². The molecule has 3 N–H and O–H groups in total. The normalized spacial score (nSPS) is 10.8. The predicted octanol–water partition coefficient (Wildman–Crippen LogP) is 5.63. The molecule has 4 rings (SSSR count). The monoisotopic (exact) mass is 434 g/mol. The van der Waals surface area contributed by atoms with Gasteiger partial charge in [-0.25, -0.2) is 4.98 Å². The molecule has 3 aromatic carbocycles. The number of carbonyl (C=O) groups is 1. The minimum absolute atomic E-state index is 0.169. The third-order valence-electron chi connectivity index (χ3n) is 4.59. The molecule has 5 nitrogen and oxygen atoms in total. The predicted molar refractivity (Wildman–Crippen MR) is 126 cm³/mol. The van der Waals surface area contributed by atoms with Gasteiger partial charge in [-0.05, 0) is 68.5 Å². The highest BCUT2D eigenvalue weighted by Crippen LogP contribution is 2.28. The van der Waals surface area contributed by atoms with E-state index in [0.29, 0.717) is 16.3 Å². The summed E-state index contributed by atoms with van der Waals surface area (Å²) >= 11 is 11.7. The number of amides is 1. The Kier molecular flexibility index (Phi) is 5.53. The number of nitrogens with one attached hydrogen (secondary N) is 3. The standard InChI is InChI=1S/C23H19ClN4OS/c1-13-9-14(2)11-16(10-13)22(29)28-23(30)27-20-12-15(7-8-17(20)24)21-25-18-5-3-4-6-19(18)26-21/h3-12H,1-2H3,(H,25,26)(H2,27,28,29,30). The van der Waals surface area contributed by atoms with Gasteiger partial charge in [0.15, 0.2) is 5.11 Å². The van der Waals surface area contributed by atoms with Crippen LogP contribution in [0.15, 0.2) is 60.7 Å². The fourth-order valence-corrected chi connectivity index (χ4v) is 3.66. The van der Waals surface area contributed by atoms with Gasteiger partial charge in [0.25, 0.3) is 5.91 Å². The van der Waals surface area contributed by atoms with E-state index < -0.39 is 0 Å². The molecule has 0 aliphatic heterocycles. The zero-order valence-corrected chi connectivity index (χ0v) is 18.0. The van der Waals surface area contributed by atoms with Crippen LogP contribution in [0.5, 0.6) is 0 Å². The van der Waals surface area contributed by atoms with Gasteiger partial charge in [0, 0.05) is 11.1 Å². The van der Waals surface area contributed by atoms with Crippen molar-refractivity contribution in [1.29, 1.82) is 0 Å². The number of H-pyrrole nitrogens is 1.